The lowest BCUT2D eigenvalue weighted by molar-refractivity contribution is -0.0660. The number of pyridine rings is 1. The normalized spacial score (nSPS) is 21.7. The molecule has 0 aliphatic heterocycles. The molecular weight excluding hydrogens is 402 g/mol. The molecule has 6 nitrogen and oxygen atoms in total. The van der Waals surface area contributed by atoms with Crippen LogP contribution >= 0.6 is 0 Å². The number of rotatable bonds is 6. The summed E-state index contributed by atoms with van der Waals surface area (Å²) in [5, 5.41) is 0. The average Bonchev–Trinajstić information content (AvgIpc) is 2.63. The molecule has 0 spiro atoms. The summed E-state index contributed by atoms with van der Waals surface area (Å²) < 4.78 is 60.3. The third-order valence-electron chi connectivity index (χ3n) is 5.07. The topological polar surface area (TPSA) is 77.4 Å². The molecule has 29 heavy (non-hydrogen) atoms. The molecule has 158 valence electrons. The summed E-state index contributed by atoms with van der Waals surface area (Å²) in [6, 6.07) is 9.71. The van der Waals surface area contributed by atoms with Gasteiger partial charge in [-0.05, 0) is 36.2 Å². The summed E-state index contributed by atoms with van der Waals surface area (Å²) in [5.41, 5.74) is 1.14. The van der Waals surface area contributed by atoms with Gasteiger partial charge in [-0.15, -0.1) is 0 Å². The van der Waals surface area contributed by atoms with E-state index in [1.807, 2.05) is 0 Å². The van der Waals surface area contributed by atoms with Crippen molar-refractivity contribution in [3.8, 4) is 16.9 Å². The van der Waals surface area contributed by atoms with Gasteiger partial charge in [0, 0.05) is 43.6 Å². The van der Waals surface area contributed by atoms with Crippen molar-refractivity contribution < 1.29 is 21.9 Å². The maximum absolute atomic E-state index is 13.8. The molecule has 2 atom stereocenters. The van der Waals surface area contributed by atoms with Crippen molar-refractivity contribution in [3.05, 3.63) is 52.9 Å². The number of hydrogen-bond acceptors (Lipinski definition) is 4. The first kappa shape index (κ1) is 21.4. The minimum absolute atomic E-state index is 0.0325. The highest BCUT2D eigenvalue weighted by molar-refractivity contribution is 7.88. The molecule has 0 unspecified atom stereocenters. The molecule has 0 bridgehead atoms. The molecule has 1 fully saturated rings. The van der Waals surface area contributed by atoms with Crippen LogP contribution in [0.1, 0.15) is 19.3 Å². The zero-order valence-electron chi connectivity index (χ0n) is 16.3. The van der Waals surface area contributed by atoms with Crippen molar-refractivity contribution in [1.82, 2.24) is 9.29 Å². The number of alkyl halides is 2. The van der Waals surface area contributed by atoms with Gasteiger partial charge in [0.2, 0.25) is 15.9 Å². The van der Waals surface area contributed by atoms with Gasteiger partial charge in [0.25, 0.3) is 5.56 Å². The molecule has 1 aromatic heterocycles. The summed E-state index contributed by atoms with van der Waals surface area (Å²) in [4.78, 5) is 12.2. The summed E-state index contributed by atoms with van der Waals surface area (Å²) in [6.07, 6.45) is 1.97. The van der Waals surface area contributed by atoms with E-state index in [0.717, 1.165) is 11.8 Å². The first-order chi connectivity index (χ1) is 13.5. The van der Waals surface area contributed by atoms with Crippen LogP contribution in [-0.2, 0) is 17.1 Å². The van der Waals surface area contributed by atoms with Crippen LogP contribution in [0.25, 0.3) is 11.1 Å². The van der Waals surface area contributed by atoms with Crippen molar-refractivity contribution in [2.75, 3.05) is 12.9 Å². The number of ether oxygens (including phenoxy) is 1. The van der Waals surface area contributed by atoms with Gasteiger partial charge in [0.15, 0.2) is 0 Å². The van der Waals surface area contributed by atoms with E-state index in [9.17, 15) is 22.0 Å². The quantitative estimate of drug-likeness (QED) is 0.771. The molecule has 1 heterocycles. The van der Waals surface area contributed by atoms with Crippen molar-refractivity contribution in [2.45, 2.75) is 31.2 Å². The Balaban J connectivity index is 1.70. The molecule has 1 aliphatic rings. The summed E-state index contributed by atoms with van der Waals surface area (Å²) in [7, 11) is -1.83. The first-order valence-corrected chi connectivity index (χ1v) is 11.2. The second-order valence-electron chi connectivity index (χ2n) is 7.53. The van der Waals surface area contributed by atoms with Gasteiger partial charge < -0.3 is 9.30 Å². The highest BCUT2D eigenvalue weighted by Crippen LogP contribution is 2.37. The van der Waals surface area contributed by atoms with Gasteiger partial charge in [0.1, 0.15) is 5.75 Å². The third-order valence-corrected chi connectivity index (χ3v) is 5.80. The summed E-state index contributed by atoms with van der Waals surface area (Å²) in [6.45, 7) is -0.0325. The van der Waals surface area contributed by atoms with E-state index in [2.05, 4.69) is 4.72 Å². The van der Waals surface area contributed by atoms with Crippen LogP contribution in [0.3, 0.4) is 0 Å². The van der Waals surface area contributed by atoms with E-state index in [0.29, 0.717) is 11.3 Å². The zero-order chi connectivity index (χ0) is 21.2. The Kier molecular flexibility index (Phi) is 6.09. The van der Waals surface area contributed by atoms with Crippen LogP contribution in [0.15, 0.2) is 47.4 Å². The van der Waals surface area contributed by atoms with E-state index in [1.54, 1.807) is 49.6 Å². The molecule has 1 aromatic carbocycles. The van der Waals surface area contributed by atoms with E-state index in [1.165, 1.54) is 4.57 Å². The van der Waals surface area contributed by atoms with E-state index in [-0.39, 0.29) is 25.0 Å². The fourth-order valence-electron chi connectivity index (χ4n) is 3.59. The maximum atomic E-state index is 13.8. The molecule has 1 N–H and O–H groups in total. The lowest BCUT2D eigenvalue weighted by Gasteiger charge is -2.35. The largest absolute Gasteiger partial charge is 0.493 e. The van der Waals surface area contributed by atoms with Gasteiger partial charge >= 0.3 is 0 Å². The number of halogens is 2. The molecular formula is C20H24F2N2O4S. The van der Waals surface area contributed by atoms with Crippen molar-refractivity contribution in [1.29, 1.82) is 0 Å². The van der Waals surface area contributed by atoms with Crippen LogP contribution in [0.2, 0.25) is 0 Å². The van der Waals surface area contributed by atoms with Crippen LogP contribution < -0.4 is 15.0 Å². The standard InChI is InChI=1S/C20H24F2N2O4S/c1-24-11-3-4-17(19(24)25)14-5-7-16(8-6-14)28-13-15-12-20(21,22)10-9-18(15)23-29(2,26)27/h3-8,11,15,18,23H,9-10,12-13H2,1-2H3/t15-,18+/m1/s1. The molecule has 1 aliphatic carbocycles. The second kappa shape index (κ2) is 8.23. The molecule has 1 saturated carbocycles. The van der Waals surface area contributed by atoms with Gasteiger partial charge in [0.05, 0.1) is 12.9 Å². The predicted octanol–water partition coefficient (Wildman–Crippen LogP) is 2.78. The number of nitrogens with one attached hydrogen (secondary N) is 1. The Hall–Kier alpha value is -2.26. The lowest BCUT2D eigenvalue weighted by Crippen LogP contribution is -2.48. The van der Waals surface area contributed by atoms with Crippen molar-refractivity contribution >= 4 is 10.0 Å². The fourth-order valence-corrected chi connectivity index (χ4v) is 4.45. The molecule has 2 aromatic rings. The van der Waals surface area contributed by atoms with Gasteiger partial charge in [-0.2, -0.15) is 0 Å². The fraction of sp³-hybridized carbons (Fsp3) is 0.450. The number of hydrogen-bond donors (Lipinski definition) is 1. The number of sulfonamides is 1. The molecule has 0 radical (unpaired) electrons. The highest BCUT2D eigenvalue weighted by atomic mass is 32.2. The number of nitrogens with zero attached hydrogens (tertiary/aromatic N) is 1. The maximum Gasteiger partial charge on any atom is 0.258 e. The minimum atomic E-state index is -3.50. The van der Waals surface area contributed by atoms with Gasteiger partial charge in [-0.25, -0.2) is 21.9 Å². The summed E-state index contributed by atoms with van der Waals surface area (Å²) in [5.74, 6) is -3.01. The Morgan fingerprint density at radius 3 is 2.59 bits per heavy atom. The van der Waals surface area contributed by atoms with Crippen molar-refractivity contribution in [3.63, 3.8) is 0 Å². The van der Waals surface area contributed by atoms with E-state index in [4.69, 9.17) is 4.74 Å². The van der Waals surface area contributed by atoms with Crippen LogP contribution in [0.5, 0.6) is 5.75 Å². The molecule has 9 heteroatoms. The third kappa shape index (κ3) is 5.63. The highest BCUT2D eigenvalue weighted by Gasteiger charge is 2.42. The van der Waals surface area contributed by atoms with Crippen LogP contribution in [-0.4, -0.2) is 37.8 Å². The SMILES string of the molecule is Cn1cccc(-c2ccc(OC[C@H]3CC(F)(F)CC[C@@H]3NS(C)(=O)=O)cc2)c1=O. The Morgan fingerprint density at radius 2 is 1.93 bits per heavy atom. The number of aromatic nitrogens is 1. The average molecular weight is 426 g/mol. The van der Waals surface area contributed by atoms with Crippen LogP contribution in [0.4, 0.5) is 8.78 Å². The lowest BCUT2D eigenvalue weighted by atomic mass is 9.83. The Morgan fingerprint density at radius 1 is 1.24 bits per heavy atom. The first-order valence-electron chi connectivity index (χ1n) is 9.28. The Labute approximate surface area is 168 Å². The van der Waals surface area contributed by atoms with Gasteiger partial charge in [-0.3, -0.25) is 4.79 Å². The molecule has 0 saturated heterocycles. The monoisotopic (exact) mass is 426 g/mol. The smallest absolute Gasteiger partial charge is 0.258 e. The zero-order valence-corrected chi connectivity index (χ0v) is 17.1. The van der Waals surface area contributed by atoms with Gasteiger partial charge in [-0.1, -0.05) is 12.1 Å². The predicted molar refractivity (Wildman–Crippen MR) is 107 cm³/mol. The number of benzene rings is 1. The van der Waals surface area contributed by atoms with Crippen molar-refractivity contribution in [2.24, 2.45) is 13.0 Å². The van der Waals surface area contributed by atoms with Crippen LogP contribution in [0, 0.1) is 5.92 Å². The summed E-state index contributed by atoms with van der Waals surface area (Å²) >= 11 is 0. The molecule has 3 rings (SSSR count). The van der Waals surface area contributed by atoms with E-state index >= 15 is 0 Å². The second-order valence-corrected chi connectivity index (χ2v) is 9.31. The minimum Gasteiger partial charge on any atom is -0.493 e. The Bertz CT molecular complexity index is 1020. The van der Waals surface area contributed by atoms with E-state index < -0.39 is 34.3 Å². The molecule has 0 amide bonds. The number of aryl methyl sites for hydroxylation is 1.